The molecule has 0 aliphatic carbocycles. The number of hydrogen-bond acceptors (Lipinski definition) is 5. The monoisotopic (exact) mass is 351 g/mol. The number of amides is 1. The van der Waals surface area contributed by atoms with E-state index in [2.05, 4.69) is 4.98 Å². The summed E-state index contributed by atoms with van der Waals surface area (Å²) in [5.41, 5.74) is -1.42. The number of hydrogen-bond donors (Lipinski definition) is 3. The summed E-state index contributed by atoms with van der Waals surface area (Å²) in [4.78, 5) is 36.3. The number of aliphatic hydroxyl groups excluding tert-OH is 1. The number of nitrogens with one attached hydrogen (secondary N) is 2. The van der Waals surface area contributed by atoms with Gasteiger partial charge in [-0.2, -0.15) is 13.2 Å². The normalized spacial score (nSPS) is 21.0. The number of aromatic amines is 1. The summed E-state index contributed by atoms with van der Waals surface area (Å²) in [6, 6.07) is 0. The maximum atomic E-state index is 12.1. The minimum atomic E-state index is -5.00. The lowest BCUT2D eigenvalue weighted by Crippen LogP contribution is -2.39. The molecule has 2 atom stereocenters. The van der Waals surface area contributed by atoms with Crippen LogP contribution in [-0.4, -0.2) is 46.0 Å². The maximum Gasteiger partial charge on any atom is 0.471 e. The Bertz CT molecular complexity index is 712. The summed E-state index contributed by atoms with van der Waals surface area (Å²) in [7, 11) is 0. The van der Waals surface area contributed by atoms with E-state index in [0.717, 1.165) is 4.57 Å². The highest BCUT2D eigenvalue weighted by Crippen LogP contribution is 2.26. The van der Waals surface area contributed by atoms with Gasteiger partial charge in [0.2, 0.25) is 0 Å². The molecule has 8 nitrogen and oxygen atoms in total. The van der Waals surface area contributed by atoms with Crippen molar-refractivity contribution in [3.05, 3.63) is 32.6 Å². The Morgan fingerprint density at radius 1 is 1.42 bits per heavy atom. The van der Waals surface area contributed by atoms with Gasteiger partial charge in [0.05, 0.1) is 12.7 Å². The molecule has 0 unspecified atom stereocenters. The largest absolute Gasteiger partial charge is 0.471 e. The van der Waals surface area contributed by atoms with E-state index in [9.17, 15) is 27.6 Å². The summed E-state index contributed by atoms with van der Waals surface area (Å²) in [5, 5.41) is 10.7. The molecule has 1 saturated heterocycles. The van der Waals surface area contributed by atoms with Crippen molar-refractivity contribution < 1.29 is 27.8 Å². The van der Waals surface area contributed by atoms with Crippen LogP contribution in [0.4, 0.5) is 13.2 Å². The molecular weight excluding hydrogens is 335 g/mol. The second-order valence-electron chi connectivity index (χ2n) is 5.30. The molecule has 1 amide bonds. The highest BCUT2D eigenvalue weighted by Gasteiger charge is 2.38. The molecule has 3 N–H and O–H groups in total. The van der Waals surface area contributed by atoms with Gasteiger partial charge in [-0.3, -0.25) is 19.1 Å². The topological polar surface area (TPSA) is 113 Å². The van der Waals surface area contributed by atoms with Crippen molar-refractivity contribution in [3.63, 3.8) is 0 Å². The highest BCUT2D eigenvalue weighted by molar-refractivity contribution is 5.81. The predicted octanol–water partition coefficient (Wildman–Crippen LogP) is -0.573. The summed E-state index contributed by atoms with van der Waals surface area (Å²) < 4.78 is 42.8. The van der Waals surface area contributed by atoms with Crippen molar-refractivity contribution in [2.75, 3.05) is 13.2 Å². The van der Waals surface area contributed by atoms with Crippen molar-refractivity contribution in [1.29, 1.82) is 0 Å². The smallest absolute Gasteiger partial charge is 0.394 e. The quantitative estimate of drug-likeness (QED) is 0.657. The highest BCUT2D eigenvalue weighted by atomic mass is 19.4. The number of H-pyrrole nitrogens is 1. The number of ether oxygens (including phenoxy) is 1. The number of halogens is 3. The molecule has 24 heavy (non-hydrogen) atoms. The van der Waals surface area contributed by atoms with E-state index in [1.165, 1.54) is 6.20 Å². The van der Waals surface area contributed by atoms with E-state index in [1.807, 2.05) is 0 Å². The molecule has 0 saturated carbocycles. The summed E-state index contributed by atoms with van der Waals surface area (Å²) in [5.74, 6) is -2.10. The lowest BCUT2D eigenvalue weighted by atomic mass is 10.2. The zero-order valence-corrected chi connectivity index (χ0v) is 12.4. The van der Waals surface area contributed by atoms with E-state index in [1.54, 1.807) is 5.32 Å². The molecule has 0 bridgehead atoms. The van der Waals surface area contributed by atoms with Crippen molar-refractivity contribution in [2.24, 2.45) is 0 Å². The van der Waals surface area contributed by atoms with Gasteiger partial charge in [0, 0.05) is 18.3 Å². The number of aromatic nitrogens is 2. The van der Waals surface area contributed by atoms with E-state index < -0.39 is 42.2 Å². The molecule has 1 fully saturated rings. The molecule has 2 rings (SSSR count). The number of nitrogens with zero attached hydrogens (tertiary/aromatic N) is 1. The third-order valence-corrected chi connectivity index (χ3v) is 3.58. The van der Waals surface area contributed by atoms with E-state index >= 15 is 0 Å². The predicted molar refractivity (Wildman–Crippen MR) is 74.3 cm³/mol. The van der Waals surface area contributed by atoms with Crippen LogP contribution in [0.5, 0.6) is 0 Å². The minimum Gasteiger partial charge on any atom is -0.394 e. The number of carbonyl (C=O) groups excluding carboxylic acids is 1. The number of rotatable bonds is 5. The Labute approximate surface area is 133 Å². The van der Waals surface area contributed by atoms with Crippen LogP contribution in [0.3, 0.4) is 0 Å². The zero-order valence-electron chi connectivity index (χ0n) is 12.4. The van der Waals surface area contributed by atoms with Crippen LogP contribution >= 0.6 is 0 Å². The fourth-order valence-corrected chi connectivity index (χ4v) is 2.36. The molecule has 134 valence electrons. The molecule has 0 spiro atoms. The second kappa shape index (κ2) is 7.18. The van der Waals surface area contributed by atoms with Gasteiger partial charge in [0.1, 0.15) is 6.23 Å². The Morgan fingerprint density at radius 3 is 2.71 bits per heavy atom. The number of carbonyl (C=O) groups is 1. The van der Waals surface area contributed by atoms with Crippen molar-refractivity contribution in [3.8, 4) is 0 Å². The minimum absolute atomic E-state index is 0.0353. The van der Waals surface area contributed by atoms with Gasteiger partial charge >= 0.3 is 17.8 Å². The Morgan fingerprint density at radius 2 is 2.12 bits per heavy atom. The van der Waals surface area contributed by atoms with Gasteiger partial charge in [0.15, 0.2) is 0 Å². The molecule has 0 radical (unpaired) electrons. The lowest BCUT2D eigenvalue weighted by molar-refractivity contribution is -0.173. The molecule has 0 aromatic carbocycles. The number of alkyl halides is 3. The van der Waals surface area contributed by atoms with Gasteiger partial charge in [-0.05, 0) is 19.3 Å². The molecule has 1 aliphatic heterocycles. The lowest BCUT2D eigenvalue weighted by Gasteiger charge is -2.15. The first-order valence-electron chi connectivity index (χ1n) is 7.18. The Hall–Kier alpha value is -2.14. The van der Waals surface area contributed by atoms with Crippen LogP contribution in [-0.2, 0) is 16.0 Å². The Balaban J connectivity index is 2.08. The summed E-state index contributed by atoms with van der Waals surface area (Å²) >= 11 is 0. The average molecular weight is 351 g/mol. The average Bonchev–Trinajstić information content (AvgIpc) is 2.97. The van der Waals surface area contributed by atoms with Gasteiger partial charge in [-0.15, -0.1) is 0 Å². The van der Waals surface area contributed by atoms with Crippen LogP contribution in [0.15, 0.2) is 15.8 Å². The second-order valence-corrected chi connectivity index (χ2v) is 5.30. The first kappa shape index (κ1) is 18.2. The molecule has 11 heteroatoms. The van der Waals surface area contributed by atoms with Crippen LogP contribution in [0.1, 0.15) is 24.6 Å². The van der Waals surface area contributed by atoms with Crippen LogP contribution in [0.25, 0.3) is 0 Å². The fourth-order valence-electron chi connectivity index (χ4n) is 2.36. The van der Waals surface area contributed by atoms with E-state index in [0.29, 0.717) is 12.8 Å². The van der Waals surface area contributed by atoms with E-state index in [4.69, 9.17) is 9.84 Å². The summed E-state index contributed by atoms with van der Waals surface area (Å²) in [6.45, 7) is -0.616. The van der Waals surface area contributed by atoms with Gasteiger partial charge in [-0.1, -0.05) is 0 Å². The van der Waals surface area contributed by atoms with Gasteiger partial charge < -0.3 is 15.2 Å². The van der Waals surface area contributed by atoms with Crippen LogP contribution in [0.2, 0.25) is 0 Å². The van der Waals surface area contributed by atoms with Gasteiger partial charge in [0.25, 0.3) is 5.56 Å². The van der Waals surface area contributed by atoms with Crippen LogP contribution < -0.4 is 16.6 Å². The van der Waals surface area contributed by atoms with Crippen LogP contribution in [0, 0.1) is 0 Å². The third-order valence-electron chi connectivity index (χ3n) is 3.58. The van der Waals surface area contributed by atoms with E-state index in [-0.39, 0.29) is 18.6 Å². The maximum absolute atomic E-state index is 12.1. The molecular formula is C13H16F3N3O5. The SMILES string of the molecule is O=C(NCCc1cn([C@H]2CC[C@@H](CO)O2)c(=O)[nH]c1=O)C(F)(F)F. The molecule has 2 heterocycles. The number of aliphatic hydroxyl groups is 1. The zero-order chi connectivity index (χ0) is 17.9. The van der Waals surface area contributed by atoms with Gasteiger partial charge in [-0.25, -0.2) is 4.79 Å². The summed E-state index contributed by atoms with van der Waals surface area (Å²) in [6.07, 6.45) is -4.09. The third kappa shape index (κ3) is 4.23. The first-order chi connectivity index (χ1) is 11.2. The first-order valence-corrected chi connectivity index (χ1v) is 7.18. The standard InChI is InChI=1S/C13H16F3N3O5/c14-13(15,16)11(22)17-4-3-7-5-19(12(23)18-10(7)21)9-2-1-8(6-20)24-9/h5,8-9,20H,1-4,6H2,(H,17,22)(H,18,21,23)/t8-,9+/m0/s1. The molecule has 1 aliphatic rings. The molecule has 1 aromatic rings. The molecule has 1 aromatic heterocycles. The van der Waals surface area contributed by atoms with Crippen molar-refractivity contribution in [1.82, 2.24) is 14.9 Å². The van der Waals surface area contributed by atoms with Crippen molar-refractivity contribution >= 4 is 5.91 Å². The van der Waals surface area contributed by atoms with Crippen molar-refractivity contribution in [2.45, 2.75) is 37.8 Å². The Kier molecular flexibility index (Phi) is 5.44. The fraction of sp³-hybridized carbons (Fsp3) is 0.615.